The summed E-state index contributed by atoms with van der Waals surface area (Å²) in [6, 6.07) is 14.1. The molecule has 1 unspecified atom stereocenters. The second kappa shape index (κ2) is 5.63. The van der Waals surface area contributed by atoms with Crippen LogP contribution < -0.4 is 10.6 Å². The first-order valence-corrected chi connectivity index (χ1v) is 7.10. The van der Waals surface area contributed by atoms with Crippen LogP contribution >= 0.6 is 0 Å². The molecule has 0 bridgehead atoms. The number of rotatable bonds is 4. The van der Waals surface area contributed by atoms with E-state index in [-0.39, 0.29) is 5.91 Å². The molecule has 0 saturated carbocycles. The summed E-state index contributed by atoms with van der Waals surface area (Å²) in [6.45, 7) is 6.32. The van der Waals surface area contributed by atoms with Gasteiger partial charge in [0.25, 0.3) is 0 Å². The van der Waals surface area contributed by atoms with Crippen LogP contribution in [-0.4, -0.2) is 18.0 Å². The standard InChI is InChI=1S/C17H22N2O/c1-4-17(3,18)16(20)19(5-2)15-12-8-10-13-9-6-7-11-14(13)15/h6-12H,4-5,18H2,1-3H3. The van der Waals surface area contributed by atoms with E-state index < -0.39 is 5.54 Å². The molecule has 0 aliphatic rings. The Morgan fingerprint density at radius 2 is 1.80 bits per heavy atom. The number of fused-ring (bicyclic) bond motifs is 1. The molecule has 0 saturated heterocycles. The number of nitrogens with two attached hydrogens (primary N) is 1. The van der Waals surface area contributed by atoms with Gasteiger partial charge in [0.05, 0.1) is 11.2 Å². The van der Waals surface area contributed by atoms with Crippen molar-refractivity contribution in [1.29, 1.82) is 0 Å². The molecule has 3 heteroatoms. The fourth-order valence-corrected chi connectivity index (χ4v) is 2.33. The fraction of sp³-hybridized carbons (Fsp3) is 0.353. The van der Waals surface area contributed by atoms with Gasteiger partial charge in [-0.05, 0) is 31.7 Å². The number of benzene rings is 2. The molecule has 0 heterocycles. The molecule has 2 aromatic carbocycles. The molecule has 0 radical (unpaired) electrons. The van der Waals surface area contributed by atoms with Gasteiger partial charge >= 0.3 is 0 Å². The smallest absolute Gasteiger partial charge is 0.246 e. The zero-order valence-corrected chi connectivity index (χ0v) is 12.4. The van der Waals surface area contributed by atoms with E-state index in [0.29, 0.717) is 13.0 Å². The molecule has 3 nitrogen and oxygen atoms in total. The van der Waals surface area contributed by atoms with E-state index >= 15 is 0 Å². The number of amides is 1. The van der Waals surface area contributed by atoms with E-state index in [1.807, 2.05) is 44.2 Å². The number of carbonyl (C=O) groups excluding carboxylic acids is 1. The van der Waals surface area contributed by atoms with Crippen molar-refractivity contribution in [2.24, 2.45) is 5.73 Å². The van der Waals surface area contributed by atoms with Crippen molar-refractivity contribution >= 4 is 22.4 Å². The van der Waals surface area contributed by atoms with E-state index in [4.69, 9.17) is 5.73 Å². The highest BCUT2D eigenvalue weighted by molar-refractivity contribution is 6.06. The van der Waals surface area contributed by atoms with Crippen LogP contribution in [0.3, 0.4) is 0 Å². The van der Waals surface area contributed by atoms with Crippen LogP contribution in [0.5, 0.6) is 0 Å². The minimum Gasteiger partial charge on any atom is -0.318 e. The lowest BCUT2D eigenvalue weighted by Gasteiger charge is -2.31. The molecule has 0 aliphatic heterocycles. The van der Waals surface area contributed by atoms with Gasteiger partial charge in [-0.25, -0.2) is 0 Å². The minimum atomic E-state index is -0.826. The van der Waals surface area contributed by atoms with E-state index in [9.17, 15) is 4.79 Å². The Morgan fingerprint density at radius 1 is 1.15 bits per heavy atom. The third-order valence-electron chi connectivity index (χ3n) is 3.84. The monoisotopic (exact) mass is 270 g/mol. The molecule has 2 rings (SSSR count). The van der Waals surface area contributed by atoms with Crippen molar-refractivity contribution in [3.8, 4) is 0 Å². The van der Waals surface area contributed by atoms with Gasteiger partial charge in [0.15, 0.2) is 0 Å². The van der Waals surface area contributed by atoms with Gasteiger partial charge in [0.2, 0.25) is 5.91 Å². The first-order chi connectivity index (χ1) is 9.51. The Labute approximate surface area is 120 Å². The first-order valence-electron chi connectivity index (χ1n) is 7.10. The van der Waals surface area contributed by atoms with Crippen LogP contribution in [0.15, 0.2) is 42.5 Å². The maximum absolute atomic E-state index is 12.7. The van der Waals surface area contributed by atoms with Crippen molar-refractivity contribution in [2.75, 3.05) is 11.4 Å². The second-order valence-electron chi connectivity index (χ2n) is 5.32. The van der Waals surface area contributed by atoms with Crippen LogP contribution in [0, 0.1) is 0 Å². The van der Waals surface area contributed by atoms with Gasteiger partial charge in [-0.3, -0.25) is 4.79 Å². The second-order valence-corrected chi connectivity index (χ2v) is 5.32. The molecule has 0 fully saturated rings. The largest absolute Gasteiger partial charge is 0.318 e. The normalized spacial score (nSPS) is 14.0. The summed E-state index contributed by atoms with van der Waals surface area (Å²) < 4.78 is 0. The fourth-order valence-electron chi connectivity index (χ4n) is 2.33. The Morgan fingerprint density at radius 3 is 2.45 bits per heavy atom. The van der Waals surface area contributed by atoms with Crippen LogP contribution in [0.1, 0.15) is 27.2 Å². The predicted molar refractivity (Wildman–Crippen MR) is 84.9 cm³/mol. The molecule has 0 spiro atoms. The van der Waals surface area contributed by atoms with E-state index in [0.717, 1.165) is 16.5 Å². The maximum atomic E-state index is 12.7. The number of hydrogen-bond donors (Lipinski definition) is 1. The van der Waals surface area contributed by atoms with Crippen LogP contribution in [0.2, 0.25) is 0 Å². The molecule has 1 atom stereocenters. The van der Waals surface area contributed by atoms with Gasteiger partial charge in [-0.1, -0.05) is 43.3 Å². The maximum Gasteiger partial charge on any atom is 0.246 e. The Balaban J connectivity index is 2.53. The Kier molecular flexibility index (Phi) is 4.09. The summed E-state index contributed by atoms with van der Waals surface area (Å²) >= 11 is 0. The van der Waals surface area contributed by atoms with Crippen molar-refractivity contribution in [2.45, 2.75) is 32.7 Å². The van der Waals surface area contributed by atoms with Gasteiger partial charge in [-0.2, -0.15) is 0 Å². The minimum absolute atomic E-state index is 0.0288. The summed E-state index contributed by atoms with van der Waals surface area (Å²) in [6.07, 6.45) is 0.618. The molecule has 1 amide bonds. The van der Waals surface area contributed by atoms with Crippen LogP contribution in [0.4, 0.5) is 5.69 Å². The number of hydrogen-bond acceptors (Lipinski definition) is 2. The van der Waals surface area contributed by atoms with E-state index in [2.05, 4.69) is 12.1 Å². The van der Waals surface area contributed by atoms with Gasteiger partial charge in [-0.15, -0.1) is 0 Å². The zero-order valence-electron chi connectivity index (χ0n) is 12.4. The first kappa shape index (κ1) is 14.5. The van der Waals surface area contributed by atoms with Gasteiger partial charge in [0.1, 0.15) is 0 Å². The van der Waals surface area contributed by atoms with Gasteiger partial charge in [0, 0.05) is 11.9 Å². The van der Waals surface area contributed by atoms with E-state index in [1.54, 1.807) is 11.8 Å². The Bertz CT molecular complexity index is 614. The summed E-state index contributed by atoms with van der Waals surface area (Å²) in [4.78, 5) is 14.5. The van der Waals surface area contributed by atoms with Crippen molar-refractivity contribution in [3.05, 3.63) is 42.5 Å². The van der Waals surface area contributed by atoms with Gasteiger partial charge < -0.3 is 10.6 Å². The molecular formula is C17H22N2O. The topological polar surface area (TPSA) is 46.3 Å². The lowest BCUT2D eigenvalue weighted by atomic mass is 9.97. The molecule has 0 aromatic heterocycles. The lowest BCUT2D eigenvalue weighted by Crippen LogP contribution is -2.53. The third-order valence-corrected chi connectivity index (χ3v) is 3.84. The van der Waals surface area contributed by atoms with Crippen molar-refractivity contribution < 1.29 is 4.79 Å². The SMILES string of the molecule is CCN(C(=O)C(C)(N)CC)c1cccc2ccccc12. The highest BCUT2D eigenvalue weighted by atomic mass is 16.2. The molecule has 2 aromatic rings. The average molecular weight is 270 g/mol. The molecule has 20 heavy (non-hydrogen) atoms. The number of likely N-dealkylation sites (N-methyl/N-ethyl adjacent to an activating group) is 1. The molecular weight excluding hydrogens is 248 g/mol. The molecule has 0 aliphatic carbocycles. The molecule has 106 valence electrons. The molecule has 2 N–H and O–H groups in total. The highest BCUT2D eigenvalue weighted by Gasteiger charge is 2.31. The summed E-state index contributed by atoms with van der Waals surface area (Å²) in [5.74, 6) is -0.0288. The highest BCUT2D eigenvalue weighted by Crippen LogP contribution is 2.28. The Hall–Kier alpha value is -1.87. The number of nitrogens with zero attached hydrogens (tertiary/aromatic N) is 1. The summed E-state index contributed by atoms with van der Waals surface area (Å²) in [7, 11) is 0. The van der Waals surface area contributed by atoms with Crippen LogP contribution in [0.25, 0.3) is 10.8 Å². The number of carbonyl (C=O) groups is 1. The predicted octanol–water partition coefficient (Wildman–Crippen LogP) is 3.32. The number of anilines is 1. The van der Waals surface area contributed by atoms with Crippen LogP contribution in [-0.2, 0) is 4.79 Å². The summed E-state index contributed by atoms with van der Waals surface area (Å²) in [5, 5.41) is 2.21. The van der Waals surface area contributed by atoms with E-state index in [1.165, 1.54) is 0 Å². The lowest BCUT2D eigenvalue weighted by molar-refractivity contribution is -0.123. The third kappa shape index (κ3) is 2.54. The van der Waals surface area contributed by atoms with Crippen molar-refractivity contribution in [3.63, 3.8) is 0 Å². The quantitative estimate of drug-likeness (QED) is 0.926. The summed E-state index contributed by atoms with van der Waals surface area (Å²) in [5.41, 5.74) is 6.23. The average Bonchev–Trinajstić information content (AvgIpc) is 2.48. The van der Waals surface area contributed by atoms with Crippen molar-refractivity contribution in [1.82, 2.24) is 0 Å². The zero-order chi connectivity index (χ0) is 14.8.